The number of aliphatic hydroxyl groups excluding tert-OH is 1. The van der Waals surface area contributed by atoms with Gasteiger partial charge in [0.25, 0.3) is 5.00 Å². The van der Waals surface area contributed by atoms with E-state index in [2.05, 4.69) is 14.6 Å². The van der Waals surface area contributed by atoms with E-state index in [1.165, 1.54) is 23.5 Å². The number of benzene rings is 1. The molecule has 0 saturated carbocycles. The van der Waals surface area contributed by atoms with Crippen LogP contribution < -0.4 is 9.80 Å². The van der Waals surface area contributed by atoms with Crippen LogP contribution in [-0.4, -0.2) is 99.4 Å². The van der Waals surface area contributed by atoms with E-state index in [0.29, 0.717) is 53.1 Å². The number of imidazole rings is 1. The summed E-state index contributed by atoms with van der Waals surface area (Å²) < 4.78 is 15.3. The summed E-state index contributed by atoms with van der Waals surface area (Å²) in [5, 5.41) is 15.5. The molecule has 0 spiro atoms. The van der Waals surface area contributed by atoms with Crippen molar-refractivity contribution in [3.05, 3.63) is 59.3 Å². The van der Waals surface area contributed by atoms with Gasteiger partial charge in [0.2, 0.25) is 5.91 Å². The van der Waals surface area contributed by atoms with Crippen molar-refractivity contribution < 1.29 is 14.3 Å². The van der Waals surface area contributed by atoms with Crippen LogP contribution in [0.25, 0.3) is 21.7 Å². The molecule has 2 aliphatic heterocycles. The van der Waals surface area contributed by atoms with E-state index in [0.717, 1.165) is 43.5 Å². The first-order valence-electron chi connectivity index (χ1n) is 13.5. The number of carbonyl (C=O) groups excluding carboxylic acids is 1. The van der Waals surface area contributed by atoms with Crippen molar-refractivity contribution in [1.82, 2.24) is 29.4 Å². The smallest absolute Gasteiger partial charge is 0.270 e. The fourth-order valence-electron chi connectivity index (χ4n) is 5.19. The van der Waals surface area contributed by atoms with Crippen LogP contribution in [0, 0.1) is 12.4 Å². The summed E-state index contributed by atoms with van der Waals surface area (Å²) in [6.07, 6.45) is 0.296. The number of β-amino-alcohol motifs (C(OH)–C–C–N with tert-alkyl or cyclic N) is 1. The van der Waals surface area contributed by atoms with Crippen molar-refractivity contribution in [2.45, 2.75) is 19.4 Å². The molecule has 13 heteroatoms. The molecule has 1 N–H and O–H groups in total. The Hall–Kier alpha value is -4.12. The molecule has 5 heterocycles. The van der Waals surface area contributed by atoms with E-state index in [1.807, 2.05) is 35.5 Å². The minimum Gasteiger partial charge on any atom is -0.389 e. The SMILES string of the molecule is [C-]#[N+]c1sc(N(C)c2c(CC)nc3ccc(N4CCN(CC(=O)N5CC(O)C5)CC4)nn23)nc1-c1ccc(F)cc1. The number of halogens is 1. The summed E-state index contributed by atoms with van der Waals surface area (Å²) in [6, 6.07) is 9.93. The zero-order chi connectivity index (χ0) is 28.7. The second kappa shape index (κ2) is 11.0. The number of carbonyl (C=O) groups is 1. The molecule has 4 aromatic rings. The van der Waals surface area contributed by atoms with Gasteiger partial charge in [-0.05, 0) is 36.2 Å². The third-order valence-electron chi connectivity index (χ3n) is 7.54. The van der Waals surface area contributed by atoms with Crippen molar-refractivity contribution in [3.8, 4) is 11.3 Å². The maximum absolute atomic E-state index is 13.5. The van der Waals surface area contributed by atoms with Gasteiger partial charge in [0.15, 0.2) is 16.6 Å². The quantitative estimate of drug-likeness (QED) is 0.336. The molecule has 1 amide bonds. The number of amides is 1. The number of thiazole rings is 1. The van der Waals surface area contributed by atoms with Gasteiger partial charge in [-0.25, -0.2) is 19.2 Å². The molecule has 2 fully saturated rings. The highest BCUT2D eigenvalue weighted by molar-refractivity contribution is 7.20. The normalized spacial score (nSPS) is 16.2. The second-order valence-corrected chi connectivity index (χ2v) is 11.2. The van der Waals surface area contributed by atoms with E-state index >= 15 is 0 Å². The lowest BCUT2D eigenvalue weighted by Gasteiger charge is -2.39. The highest BCUT2D eigenvalue weighted by atomic mass is 32.1. The largest absolute Gasteiger partial charge is 0.389 e. The molecule has 212 valence electrons. The van der Waals surface area contributed by atoms with Crippen LogP contribution >= 0.6 is 11.3 Å². The summed E-state index contributed by atoms with van der Waals surface area (Å²) in [7, 11) is 1.89. The van der Waals surface area contributed by atoms with Crippen molar-refractivity contribution in [1.29, 1.82) is 0 Å². The summed E-state index contributed by atoms with van der Waals surface area (Å²) in [5.74, 6) is 1.32. The molecule has 3 aromatic heterocycles. The number of aryl methyl sites for hydroxylation is 1. The van der Waals surface area contributed by atoms with Crippen molar-refractivity contribution in [2.75, 3.05) is 62.7 Å². The second-order valence-electron chi connectivity index (χ2n) is 10.2. The number of nitrogens with zero attached hydrogens (tertiary/aromatic N) is 9. The van der Waals surface area contributed by atoms with Gasteiger partial charge in [0.1, 0.15) is 11.6 Å². The number of aliphatic hydroxyl groups is 1. The zero-order valence-corrected chi connectivity index (χ0v) is 23.7. The number of hydrogen-bond donors (Lipinski definition) is 1. The van der Waals surface area contributed by atoms with Gasteiger partial charge in [0, 0.05) is 46.3 Å². The summed E-state index contributed by atoms with van der Waals surface area (Å²) >= 11 is 1.27. The van der Waals surface area contributed by atoms with Crippen molar-refractivity contribution >= 4 is 44.7 Å². The number of hydrogen-bond acceptors (Lipinski definition) is 9. The molecule has 0 aliphatic carbocycles. The number of aromatic nitrogens is 4. The number of fused-ring (bicyclic) bond motifs is 1. The number of piperazine rings is 1. The molecule has 41 heavy (non-hydrogen) atoms. The predicted molar refractivity (Wildman–Crippen MR) is 155 cm³/mol. The predicted octanol–water partition coefficient (Wildman–Crippen LogP) is 3.20. The summed E-state index contributed by atoms with van der Waals surface area (Å²) in [6.45, 7) is 13.9. The van der Waals surface area contributed by atoms with Crippen molar-refractivity contribution in [3.63, 3.8) is 0 Å². The van der Waals surface area contributed by atoms with Crippen LogP contribution in [-0.2, 0) is 11.2 Å². The van der Waals surface area contributed by atoms with E-state index in [1.54, 1.807) is 17.0 Å². The number of anilines is 3. The first-order chi connectivity index (χ1) is 19.8. The third-order valence-corrected chi connectivity index (χ3v) is 8.56. The molecule has 1 aromatic carbocycles. The van der Waals surface area contributed by atoms with E-state index < -0.39 is 0 Å². The Kier molecular flexibility index (Phi) is 7.29. The Morgan fingerprint density at radius 1 is 1.15 bits per heavy atom. The Bertz CT molecular complexity index is 1620. The minimum atomic E-state index is -0.390. The molecule has 0 bridgehead atoms. The van der Waals surface area contributed by atoms with E-state index in [9.17, 15) is 14.3 Å². The average Bonchev–Trinajstić information content (AvgIpc) is 3.57. The molecule has 2 saturated heterocycles. The van der Waals surface area contributed by atoms with Crippen LogP contribution in [0.1, 0.15) is 12.6 Å². The monoisotopic (exact) mass is 575 g/mol. The Balaban J connectivity index is 1.24. The third kappa shape index (κ3) is 5.21. The maximum Gasteiger partial charge on any atom is 0.270 e. The molecule has 2 aliphatic rings. The zero-order valence-electron chi connectivity index (χ0n) is 22.9. The maximum atomic E-state index is 13.5. The van der Waals surface area contributed by atoms with Crippen LogP contribution in [0.2, 0.25) is 0 Å². The highest BCUT2D eigenvalue weighted by Gasteiger charge is 2.30. The Morgan fingerprint density at radius 3 is 2.54 bits per heavy atom. The van der Waals surface area contributed by atoms with E-state index in [-0.39, 0.29) is 17.8 Å². The molecular weight excluding hydrogens is 545 g/mol. The fraction of sp³-hybridized carbons (Fsp3) is 0.393. The standard InChI is InChI=1S/C28H30FN9O2S/c1-4-21-27(34(3)28-32-25(26(30-2)41-28)18-5-7-19(29)8-6-18)38-22(31-21)9-10-23(33-38)36-13-11-35(12-14-36)17-24(40)37-15-20(39)16-37/h5-10,20,39H,4,11-17H2,1,3H3. The lowest BCUT2D eigenvalue weighted by molar-refractivity contribution is -0.142. The van der Waals surface area contributed by atoms with Gasteiger partial charge in [-0.1, -0.05) is 19.1 Å². The van der Waals surface area contributed by atoms with Gasteiger partial charge in [0.05, 0.1) is 30.6 Å². The van der Waals surface area contributed by atoms with Crippen LogP contribution in [0.4, 0.5) is 26.2 Å². The highest BCUT2D eigenvalue weighted by Crippen LogP contribution is 2.42. The van der Waals surface area contributed by atoms with Gasteiger partial charge < -0.3 is 19.8 Å². The molecule has 0 atom stereocenters. The molecule has 11 nitrogen and oxygen atoms in total. The number of likely N-dealkylation sites (tertiary alicyclic amines) is 1. The van der Waals surface area contributed by atoms with Crippen molar-refractivity contribution in [2.24, 2.45) is 0 Å². The molecule has 6 rings (SSSR count). The Labute approximate surface area is 240 Å². The van der Waals surface area contributed by atoms with Gasteiger partial charge in [-0.15, -0.1) is 16.4 Å². The average molecular weight is 576 g/mol. The summed E-state index contributed by atoms with van der Waals surface area (Å²) in [5.41, 5.74) is 2.79. The molecule has 0 radical (unpaired) electrons. The molecular formula is C28H30FN9O2S. The number of rotatable bonds is 7. The first-order valence-corrected chi connectivity index (χ1v) is 14.4. The minimum absolute atomic E-state index is 0.0626. The first kappa shape index (κ1) is 27.1. The van der Waals surface area contributed by atoms with Crippen LogP contribution in [0.5, 0.6) is 0 Å². The summed E-state index contributed by atoms with van der Waals surface area (Å²) in [4.78, 5) is 33.6. The lowest BCUT2D eigenvalue weighted by Crippen LogP contribution is -2.57. The van der Waals surface area contributed by atoms with Gasteiger partial charge in [-0.3, -0.25) is 9.69 Å². The van der Waals surface area contributed by atoms with Gasteiger partial charge >= 0.3 is 0 Å². The van der Waals surface area contributed by atoms with E-state index in [4.69, 9.17) is 21.6 Å². The lowest BCUT2D eigenvalue weighted by atomic mass is 10.1. The van der Waals surface area contributed by atoms with Crippen LogP contribution in [0.15, 0.2) is 36.4 Å². The van der Waals surface area contributed by atoms with Gasteiger partial charge in [-0.2, -0.15) is 4.52 Å². The van der Waals surface area contributed by atoms with Crippen LogP contribution in [0.3, 0.4) is 0 Å². The fourth-order valence-corrected chi connectivity index (χ4v) is 6.03. The topological polar surface area (TPSA) is 97.7 Å². The Morgan fingerprint density at radius 2 is 1.88 bits per heavy atom. The molecule has 0 unspecified atom stereocenters.